The number of carbonyl (C=O) groups is 1. The van der Waals surface area contributed by atoms with Crippen LogP contribution in [0, 0.1) is 3.57 Å². The Bertz CT molecular complexity index is 824. The molecule has 7 heteroatoms. The lowest BCUT2D eigenvalue weighted by atomic mass is 9.89. The Morgan fingerprint density at radius 3 is 2.86 bits per heavy atom. The highest BCUT2D eigenvalue weighted by molar-refractivity contribution is 14.1. The van der Waals surface area contributed by atoms with E-state index in [2.05, 4.69) is 33.2 Å². The third-order valence-corrected chi connectivity index (χ3v) is 5.87. The van der Waals surface area contributed by atoms with Gasteiger partial charge in [0.15, 0.2) is 0 Å². The number of ether oxygens (including phenoxy) is 1. The maximum absolute atomic E-state index is 13.3. The van der Waals surface area contributed by atoms with Crippen molar-refractivity contribution < 1.29 is 19.0 Å². The van der Waals surface area contributed by atoms with E-state index in [1.807, 2.05) is 37.3 Å². The van der Waals surface area contributed by atoms with Crippen molar-refractivity contribution in [3.05, 3.63) is 63.3 Å². The molecule has 0 aromatic heterocycles. The molecule has 0 saturated carbocycles. The molecule has 1 unspecified atom stereocenters. The van der Waals surface area contributed by atoms with Gasteiger partial charge in [-0.15, -0.1) is 0 Å². The maximum Gasteiger partial charge on any atom is 0.247 e. The molecule has 1 amide bonds. The molecule has 0 radical (unpaired) electrons. The fraction of sp³-hybridized carbons (Fsp3) is 0.409. The lowest BCUT2D eigenvalue weighted by Crippen LogP contribution is -2.52. The quantitative estimate of drug-likeness (QED) is 0.492. The zero-order valence-corrected chi connectivity index (χ0v) is 18.4. The minimum Gasteiger partial charge on any atom is -0.482 e. The number of aliphatic hydroxyl groups is 1. The van der Waals surface area contributed by atoms with Gasteiger partial charge < -0.3 is 20.5 Å². The van der Waals surface area contributed by atoms with E-state index in [9.17, 15) is 14.3 Å². The van der Waals surface area contributed by atoms with Crippen molar-refractivity contribution in [1.82, 2.24) is 10.6 Å². The summed E-state index contributed by atoms with van der Waals surface area (Å²) in [6.45, 7) is 2.89. The Hall–Kier alpha value is -1.71. The number of likely N-dealkylation sites (N-methyl/N-ethyl adjacent to an activating group) is 1. The second-order valence-corrected chi connectivity index (χ2v) is 8.30. The van der Waals surface area contributed by atoms with Crippen LogP contribution in [0.25, 0.3) is 0 Å². The molecule has 3 rings (SSSR count). The van der Waals surface area contributed by atoms with Gasteiger partial charge in [-0.25, -0.2) is 4.39 Å². The van der Waals surface area contributed by atoms with E-state index in [0.717, 1.165) is 9.14 Å². The molecule has 2 aliphatic rings. The number of carbonyl (C=O) groups excluding carboxylic acids is 1. The Balaban J connectivity index is 1.75. The fourth-order valence-electron chi connectivity index (χ4n) is 3.40. The summed E-state index contributed by atoms with van der Waals surface area (Å²) in [6.07, 6.45) is 5.21. The van der Waals surface area contributed by atoms with Crippen LogP contribution in [0.1, 0.15) is 19.8 Å². The summed E-state index contributed by atoms with van der Waals surface area (Å²) in [6, 6.07) is 7.20. The molecule has 156 valence electrons. The summed E-state index contributed by atoms with van der Waals surface area (Å²) in [5.74, 6) is 0.510. The van der Waals surface area contributed by atoms with Crippen LogP contribution in [0.2, 0.25) is 0 Å². The van der Waals surface area contributed by atoms with E-state index in [0.29, 0.717) is 37.3 Å². The second kappa shape index (κ2) is 10.4. The van der Waals surface area contributed by atoms with Gasteiger partial charge in [-0.1, -0.05) is 30.4 Å². The molecule has 2 aliphatic carbocycles. The number of alkyl halides is 1. The van der Waals surface area contributed by atoms with Crippen LogP contribution in [-0.2, 0) is 4.79 Å². The molecule has 1 aromatic rings. The predicted octanol–water partition coefficient (Wildman–Crippen LogP) is 3.05. The predicted molar refractivity (Wildman–Crippen MR) is 119 cm³/mol. The molecular formula is C22H26FIN2O3. The van der Waals surface area contributed by atoms with E-state index in [-0.39, 0.29) is 11.9 Å². The fourth-order valence-corrected chi connectivity index (χ4v) is 3.91. The summed E-state index contributed by atoms with van der Waals surface area (Å²) in [5, 5.41) is 17.1. The Labute approximate surface area is 184 Å². The number of nitrogens with one attached hydrogen (secondary N) is 2. The average molecular weight is 512 g/mol. The van der Waals surface area contributed by atoms with Crippen LogP contribution < -0.4 is 15.4 Å². The standard InChI is InChI=1S/C22H26FIN2O3/c1-2-25-22(28)15-11-18(26-13-14-7-9-16(23)10-8-14)21(27)20(12-15)29-19-6-4-3-5-17(19)24/h3-9,12,16,18,20-21,26-27H,2,10-11,13H2,1H3,(H,25,28)/t16?,18-,20+,21+/m1/s1. The Kier molecular flexibility index (Phi) is 7.85. The van der Waals surface area contributed by atoms with Gasteiger partial charge in [-0.05, 0) is 59.7 Å². The Morgan fingerprint density at radius 1 is 1.38 bits per heavy atom. The van der Waals surface area contributed by atoms with Gasteiger partial charge in [-0.3, -0.25) is 4.79 Å². The maximum atomic E-state index is 13.3. The van der Waals surface area contributed by atoms with Gasteiger partial charge in [0, 0.05) is 31.1 Å². The SMILES string of the molecule is CCNC(=O)C1=C[C@H](Oc2ccccc2I)[C@@H](O)[C@H](NCC2=CCC(F)C=C2)C1. The zero-order valence-electron chi connectivity index (χ0n) is 16.3. The number of amides is 1. The molecule has 0 aliphatic heterocycles. The minimum atomic E-state index is -0.933. The minimum absolute atomic E-state index is 0.153. The van der Waals surface area contributed by atoms with Crippen LogP contribution in [0.15, 0.2) is 59.7 Å². The summed E-state index contributed by atoms with van der Waals surface area (Å²) in [5.41, 5.74) is 1.55. The summed E-state index contributed by atoms with van der Waals surface area (Å²) < 4.78 is 20.2. The van der Waals surface area contributed by atoms with Crippen molar-refractivity contribution in [3.63, 3.8) is 0 Å². The third kappa shape index (κ3) is 5.90. The largest absolute Gasteiger partial charge is 0.482 e. The molecule has 0 spiro atoms. The van der Waals surface area contributed by atoms with Crippen molar-refractivity contribution in [3.8, 4) is 5.75 Å². The van der Waals surface area contributed by atoms with Crippen LogP contribution in [0.3, 0.4) is 0 Å². The summed E-state index contributed by atoms with van der Waals surface area (Å²) in [4.78, 5) is 12.4. The number of benzene rings is 1. The monoisotopic (exact) mass is 512 g/mol. The Morgan fingerprint density at radius 2 is 2.17 bits per heavy atom. The third-order valence-electron chi connectivity index (χ3n) is 4.98. The van der Waals surface area contributed by atoms with Gasteiger partial charge in [0.1, 0.15) is 24.1 Å². The first-order valence-corrected chi connectivity index (χ1v) is 10.9. The molecule has 4 atom stereocenters. The number of para-hydroxylation sites is 1. The van der Waals surface area contributed by atoms with Gasteiger partial charge >= 0.3 is 0 Å². The number of hydrogen-bond acceptors (Lipinski definition) is 4. The molecule has 0 heterocycles. The molecule has 0 fully saturated rings. The number of hydrogen-bond donors (Lipinski definition) is 3. The van der Waals surface area contributed by atoms with Crippen LogP contribution in [-0.4, -0.2) is 48.5 Å². The number of rotatable bonds is 7. The van der Waals surface area contributed by atoms with Crippen molar-refractivity contribution in [2.75, 3.05) is 13.1 Å². The van der Waals surface area contributed by atoms with E-state index in [1.54, 1.807) is 12.2 Å². The molecule has 5 nitrogen and oxygen atoms in total. The highest BCUT2D eigenvalue weighted by atomic mass is 127. The highest BCUT2D eigenvalue weighted by Gasteiger charge is 2.35. The van der Waals surface area contributed by atoms with Gasteiger partial charge in [0.05, 0.1) is 3.57 Å². The van der Waals surface area contributed by atoms with E-state index >= 15 is 0 Å². The molecular weight excluding hydrogens is 486 g/mol. The lowest BCUT2D eigenvalue weighted by Gasteiger charge is -2.34. The summed E-state index contributed by atoms with van der Waals surface area (Å²) in [7, 11) is 0. The average Bonchev–Trinajstić information content (AvgIpc) is 2.71. The smallest absolute Gasteiger partial charge is 0.247 e. The van der Waals surface area contributed by atoms with Gasteiger partial charge in [0.2, 0.25) is 5.91 Å². The first kappa shape index (κ1) is 22.0. The molecule has 29 heavy (non-hydrogen) atoms. The zero-order chi connectivity index (χ0) is 20.8. The number of allylic oxidation sites excluding steroid dienone is 2. The van der Waals surface area contributed by atoms with Crippen LogP contribution >= 0.6 is 22.6 Å². The van der Waals surface area contributed by atoms with Crippen LogP contribution in [0.5, 0.6) is 5.75 Å². The van der Waals surface area contributed by atoms with E-state index < -0.39 is 18.4 Å². The molecule has 0 bridgehead atoms. The van der Waals surface area contributed by atoms with Crippen molar-refractivity contribution in [1.29, 1.82) is 0 Å². The molecule has 3 N–H and O–H groups in total. The molecule has 0 saturated heterocycles. The highest BCUT2D eigenvalue weighted by Crippen LogP contribution is 2.27. The summed E-state index contributed by atoms with van der Waals surface area (Å²) >= 11 is 2.18. The van der Waals surface area contributed by atoms with Crippen molar-refractivity contribution >= 4 is 28.5 Å². The van der Waals surface area contributed by atoms with Gasteiger partial charge in [0.25, 0.3) is 0 Å². The number of aliphatic hydroxyl groups excluding tert-OH is 1. The normalized spacial score (nSPS) is 26.5. The first-order chi connectivity index (χ1) is 14.0. The first-order valence-electron chi connectivity index (χ1n) is 9.80. The van der Waals surface area contributed by atoms with Crippen molar-refractivity contribution in [2.45, 2.75) is 44.2 Å². The van der Waals surface area contributed by atoms with E-state index in [4.69, 9.17) is 4.74 Å². The van der Waals surface area contributed by atoms with Crippen molar-refractivity contribution in [2.24, 2.45) is 0 Å². The van der Waals surface area contributed by atoms with Crippen LogP contribution in [0.4, 0.5) is 4.39 Å². The molecule has 1 aromatic carbocycles. The lowest BCUT2D eigenvalue weighted by molar-refractivity contribution is -0.118. The topological polar surface area (TPSA) is 70.6 Å². The van der Waals surface area contributed by atoms with E-state index in [1.165, 1.54) is 6.08 Å². The van der Waals surface area contributed by atoms with Gasteiger partial charge in [-0.2, -0.15) is 0 Å². The number of halogens is 2. The second-order valence-electron chi connectivity index (χ2n) is 7.14.